The molecule has 2 aromatic heterocycles. The highest BCUT2D eigenvalue weighted by Crippen LogP contribution is 2.39. The van der Waals surface area contributed by atoms with Crippen molar-refractivity contribution < 1.29 is 32.5 Å². The molecule has 2 N–H and O–H groups in total. The van der Waals surface area contributed by atoms with Crippen LogP contribution in [0.15, 0.2) is 60.1 Å². The van der Waals surface area contributed by atoms with E-state index in [1.165, 1.54) is 34.9 Å². The van der Waals surface area contributed by atoms with Gasteiger partial charge in [0.1, 0.15) is 42.3 Å². The Labute approximate surface area is 287 Å². The maximum absolute atomic E-state index is 15.8. The molecule has 3 aliphatic heterocycles. The topological polar surface area (TPSA) is 122 Å². The summed E-state index contributed by atoms with van der Waals surface area (Å²) in [6, 6.07) is 5.17. The Morgan fingerprint density at radius 2 is 2.06 bits per heavy atom. The van der Waals surface area contributed by atoms with E-state index in [0.29, 0.717) is 36.4 Å². The molecular formula is C36H41F3N6O5. The van der Waals surface area contributed by atoms with E-state index in [1.54, 1.807) is 30.2 Å². The van der Waals surface area contributed by atoms with E-state index < -0.39 is 48.9 Å². The van der Waals surface area contributed by atoms with Crippen molar-refractivity contribution in [1.82, 2.24) is 24.8 Å². The highest BCUT2D eigenvalue weighted by molar-refractivity contribution is 5.93. The van der Waals surface area contributed by atoms with Crippen LogP contribution in [-0.4, -0.2) is 93.5 Å². The summed E-state index contributed by atoms with van der Waals surface area (Å²) in [6.45, 7) is 10.7. The predicted molar refractivity (Wildman–Crippen MR) is 183 cm³/mol. The number of piperazine rings is 1. The molecule has 4 atom stereocenters. The zero-order valence-corrected chi connectivity index (χ0v) is 28.4. The number of nitrogens with one attached hydrogen (secondary N) is 1. The van der Waals surface area contributed by atoms with Gasteiger partial charge >= 0.3 is 5.69 Å². The molecule has 3 aromatic rings. The molecule has 3 unspecified atom stereocenters. The highest BCUT2D eigenvalue weighted by Gasteiger charge is 2.42. The van der Waals surface area contributed by atoms with E-state index in [2.05, 4.69) is 16.9 Å². The quantitative estimate of drug-likeness (QED) is 0.365. The number of fused-ring (bicyclic) bond motifs is 5. The van der Waals surface area contributed by atoms with Crippen molar-refractivity contribution in [2.75, 3.05) is 37.7 Å². The number of anilines is 1. The molecule has 1 amide bonds. The van der Waals surface area contributed by atoms with Gasteiger partial charge in [-0.3, -0.25) is 4.79 Å². The van der Waals surface area contributed by atoms with Crippen LogP contribution in [0.25, 0.3) is 28.0 Å². The summed E-state index contributed by atoms with van der Waals surface area (Å²) in [5.41, 5.74) is -1.35. The van der Waals surface area contributed by atoms with Gasteiger partial charge in [-0.1, -0.05) is 32.6 Å². The van der Waals surface area contributed by atoms with Gasteiger partial charge in [-0.2, -0.15) is 4.98 Å². The van der Waals surface area contributed by atoms with Gasteiger partial charge in [-0.05, 0) is 61.9 Å². The van der Waals surface area contributed by atoms with Gasteiger partial charge in [0.15, 0.2) is 5.65 Å². The molecule has 11 nitrogen and oxygen atoms in total. The number of aliphatic hydroxyl groups is 1. The number of carbonyl (C=O) groups excluding carboxylic acids is 1. The summed E-state index contributed by atoms with van der Waals surface area (Å²) < 4.78 is 56.5. The number of amides is 1. The SMILES string of the molecule is C=CC(=O)N1CCN(c2nc(=O)n3c4nc(c(C)cc24)-c2c(F)cccc2OCC(O)C2(OCC(F)F)/C=C/3C(C(C)C)N/C=C\C2)[C@@H](C)C1. The second-order valence-electron chi connectivity index (χ2n) is 13.3. The fraction of sp³-hybridized carbons (Fsp3) is 0.444. The lowest BCUT2D eigenvalue weighted by Crippen LogP contribution is -2.54. The molecule has 6 rings (SSSR count). The first-order valence-electron chi connectivity index (χ1n) is 16.6. The van der Waals surface area contributed by atoms with E-state index in [9.17, 15) is 23.5 Å². The molecule has 14 heteroatoms. The molecule has 0 saturated carbocycles. The second kappa shape index (κ2) is 13.9. The van der Waals surface area contributed by atoms with Gasteiger partial charge in [0.2, 0.25) is 5.91 Å². The number of benzene rings is 1. The molecular weight excluding hydrogens is 653 g/mol. The molecule has 50 heavy (non-hydrogen) atoms. The zero-order valence-electron chi connectivity index (χ0n) is 28.4. The van der Waals surface area contributed by atoms with Crippen molar-refractivity contribution in [3.05, 3.63) is 77.1 Å². The van der Waals surface area contributed by atoms with Crippen LogP contribution < -0.4 is 20.6 Å². The standard InChI is InChI=1S/C36H41F3N6O5/c1-6-29(47)43-13-14-44(22(5)17-43)33-23-15-21(4)32-30-24(37)9-7-10-26(30)49-18-27(46)36(50-19-28(38)39)11-8-12-40-31(20(2)3)25(16-36)45(34(23)41-32)35(48)42-33/h6-10,12,15-16,20,22,27-28,31,40,46H,1,11,13-14,17-19H2,2-5H3/b12-8-,25-16+/t22-,27?,31?,36?/m0/s1. The van der Waals surface area contributed by atoms with E-state index in [4.69, 9.17) is 14.5 Å². The molecule has 0 spiro atoms. The number of hydrogen-bond acceptors (Lipinski definition) is 9. The van der Waals surface area contributed by atoms with Crippen LogP contribution in [0.2, 0.25) is 0 Å². The van der Waals surface area contributed by atoms with E-state index in [1.807, 2.05) is 25.7 Å². The van der Waals surface area contributed by atoms with Crippen LogP contribution in [0.1, 0.15) is 32.8 Å². The summed E-state index contributed by atoms with van der Waals surface area (Å²) in [5.74, 6) is -0.632. The summed E-state index contributed by atoms with van der Waals surface area (Å²) >= 11 is 0. The first-order chi connectivity index (χ1) is 23.8. The number of alkyl halides is 2. The Morgan fingerprint density at radius 1 is 1.28 bits per heavy atom. The minimum Gasteiger partial charge on any atom is -0.490 e. The minimum absolute atomic E-state index is 0.0112. The Balaban J connectivity index is 1.70. The van der Waals surface area contributed by atoms with Crippen LogP contribution in [-0.2, 0) is 9.53 Å². The number of rotatable bonds is 6. The number of aromatic nitrogens is 3. The number of carbonyl (C=O) groups is 1. The van der Waals surface area contributed by atoms with Gasteiger partial charge in [0.25, 0.3) is 6.43 Å². The Morgan fingerprint density at radius 3 is 2.76 bits per heavy atom. The monoisotopic (exact) mass is 694 g/mol. The number of aryl methyl sites for hydroxylation is 1. The van der Waals surface area contributed by atoms with Crippen LogP contribution in [0, 0.1) is 18.7 Å². The van der Waals surface area contributed by atoms with E-state index in [0.717, 1.165) is 0 Å². The molecule has 266 valence electrons. The molecule has 5 heterocycles. The van der Waals surface area contributed by atoms with Crippen LogP contribution in [0.3, 0.4) is 0 Å². The molecule has 0 aliphatic carbocycles. The summed E-state index contributed by atoms with van der Waals surface area (Å²) in [7, 11) is 0. The molecule has 1 aromatic carbocycles. The largest absolute Gasteiger partial charge is 0.490 e. The van der Waals surface area contributed by atoms with Crippen molar-refractivity contribution in [3.63, 3.8) is 0 Å². The number of hydrogen-bond donors (Lipinski definition) is 2. The third-order valence-corrected chi connectivity index (χ3v) is 9.54. The van der Waals surface area contributed by atoms with Crippen molar-refractivity contribution in [2.45, 2.75) is 64.3 Å². The molecule has 0 radical (unpaired) electrons. The Kier molecular flexibility index (Phi) is 9.78. The number of nitrogens with zero attached hydrogens (tertiary/aromatic N) is 5. The van der Waals surface area contributed by atoms with Gasteiger partial charge in [0.05, 0.1) is 28.4 Å². The summed E-state index contributed by atoms with van der Waals surface area (Å²) in [6.07, 6.45) is 1.61. The Bertz CT molecular complexity index is 1930. The smallest absolute Gasteiger partial charge is 0.355 e. The first kappa shape index (κ1) is 35.1. The number of pyridine rings is 1. The maximum Gasteiger partial charge on any atom is 0.355 e. The fourth-order valence-corrected chi connectivity index (χ4v) is 6.98. The average molecular weight is 695 g/mol. The third kappa shape index (κ3) is 6.37. The number of aliphatic hydroxyl groups excluding tert-OH is 1. The van der Waals surface area contributed by atoms with Crippen LogP contribution in [0.5, 0.6) is 5.75 Å². The molecule has 4 bridgehead atoms. The normalized spacial score (nSPS) is 25.4. The zero-order chi connectivity index (χ0) is 35.9. The molecule has 1 saturated heterocycles. The first-order valence-corrected chi connectivity index (χ1v) is 16.6. The lowest BCUT2D eigenvalue weighted by atomic mass is 9.87. The van der Waals surface area contributed by atoms with E-state index in [-0.39, 0.29) is 52.6 Å². The van der Waals surface area contributed by atoms with Crippen LogP contribution >= 0.6 is 0 Å². The van der Waals surface area contributed by atoms with Crippen molar-refractivity contribution in [2.24, 2.45) is 5.92 Å². The third-order valence-electron chi connectivity index (χ3n) is 9.54. The van der Waals surface area contributed by atoms with Gasteiger partial charge < -0.3 is 29.7 Å². The lowest BCUT2D eigenvalue weighted by molar-refractivity contribution is -0.127. The number of ether oxygens (including phenoxy) is 2. The molecule has 3 aliphatic rings. The van der Waals surface area contributed by atoms with E-state index >= 15 is 4.39 Å². The van der Waals surface area contributed by atoms with Gasteiger partial charge in [-0.15, -0.1) is 0 Å². The Hall–Kier alpha value is -4.69. The molecule has 1 fully saturated rings. The van der Waals surface area contributed by atoms with Gasteiger partial charge in [-0.25, -0.2) is 27.5 Å². The van der Waals surface area contributed by atoms with Crippen molar-refractivity contribution in [1.29, 1.82) is 0 Å². The number of halogens is 3. The maximum atomic E-state index is 15.8. The van der Waals surface area contributed by atoms with Crippen LogP contribution in [0.4, 0.5) is 19.0 Å². The lowest BCUT2D eigenvalue weighted by Gasteiger charge is -2.41. The minimum atomic E-state index is -2.86. The summed E-state index contributed by atoms with van der Waals surface area (Å²) in [4.78, 5) is 40.1. The highest BCUT2D eigenvalue weighted by atomic mass is 19.3. The second-order valence-corrected chi connectivity index (χ2v) is 13.3. The van der Waals surface area contributed by atoms with Gasteiger partial charge in [0, 0.05) is 32.1 Å². The van der Waals surface area contributed by atoms with Crippen molar-refractivity contribution >= 4 is 28.5 Å². The summed E-state index contributed by atoms with van der Waals surface area (Å²) in [5, 5.41) is 15.5. The van der Waals surface area contributed by atoms with Crippen molar-refractivity contribution in [3.8, 4) is 17.0 Å². The average Bonchev–Trinajstić information content (AvgIpc) is 3.06. The predicted octanol–water partition coefficient (Wildman–Crippen LogP) is 4.28. The fourth-order valence-electron chi connectivity index (χ4n) is 6.98.